The lowest BCUT2D eigenvalue weighted by Gasteiger charge is -1.99. The van der Waals surface area contributed by atoms with Gasteiger partial charge in [0.05, 0.1) is 5.69 Å². The molecule has 1 fully saturated rings. The Kier molecular flexibility index (Phi) is 1.16. The van der Waals surface area contributed by atoms with E-state index >= 15 is 0 Å². The molecule has 1 N–H and O–H groups in total. The second-order valence-electron chi connectivity index (χ2n) is 3.33. The highest BCUT2D eigenvalue weighted by Crippen LogP contribution is 2.44. The zero-order valence-corrected chi connectivity index (χ0v) is 6.83. The van der Waals surface area contributed by atoms with Gasteiger partial charge >= 0.3 is 0 Å². The van der Waals surface area contributed by atoms with Gasteiger partial charge in [0.2, 0.25) is 0 Å². The predicted octanol–water partition coefficient (Wildman–Crippen LogP) is 0.710. The Labute approximate surface area is 65.7 Å². The molecule has 0 unspecified atom stereocenters. The fourth-order valence-electron chi connectivity index (χ4n) is 1.16. The SMILES string of the molecule is Cc1cc(C2(O)CC2)nn1C. The van der Waals surface area contributed by atoms with Crippen LogP contribution in [0.3, 0.4) is 0 Å². The van der Waals surface area contributed by atoms with Crippen LogP contribution in [0.1, 0.15) is 24.2 Å². The molecule has 1 heterocycles. The molecule has 0 aromatic carbocycles. The summed E-state index contributed by atoms with van der Waals surface area (Å²) in [5, 5.41) is 13.9. The zero-order chi connectivity index (χ0) is 8.06. The molecule has 3 heteroatoms. The van der Waals surface area contributed by atoms with Crippen LogP contribution in [-0.4, -0.2) is 14.9 Å². The largest absolute Gasteiger partial charge is 0.383 e. The van der Waals surface area contributed by atoms with E-state index < -0.39 is 5.60 Å². The molecular formula is C8H12N2O. The second-order valence-corrected chi connectivity index (χ2v) is 3.33. The van der Waals surface area contributed by atoms with Gasteiger partial charge in [0.25, 0.3) is 0 Å². The molecule has 1 aromatic heterocycles. The lowest BCUT2D eigenvalue weighted by molar-refractivity contribution is 0.145. The van der Waals surface area contributed by atoms with Gasteiger partial charge in [0.1, 0.15) is 5.60 Å². The van der Waals surface area contributed by atoms with Crippen molar-refractivity contribution in [1.29, 1.82) is 0 Å². The summed E-state index contributed by atoms with van der Waals surface area (Å²) in [6.07, 6.45) is 1.73. The van der Waals surface area contributed by atoms with E-state index in [4.69, 9.17) is 0 Å². The van der Waals surface area contributed by atoms with Gasteiger partial charge in [0, 0.05) is 12.7 Å². The number of hydrogen-bond donors (Lipinski definition) is 1. The summed E-state index contributed by atoms with van der Waals surface area (Å²) in [6.45, 7) is 1.99. The minimum absolute atomic E-state index is 0.577. The molecule has 0 aliphatic heterocycles. The number of nitrogens with zero attached hydrogens (tertiary/aromatic N) is 2. The Bertz CT molecular complexity index is 267. The van der Waals surface area contributed by atoms with E-state index in [9.17, 15) is 5.11 Å². The van der Waals surface area contributed by atoms with Crippen molar-refractivity contribution in [3.63, 3.8) is 0 Å². The van der Waals surface area contributed by atoms with Crippen LogP contribution in [0.4, 0.5) is 0 Å². The number of aryl methyl sites for hydroxylation is 2. The average Bonchev–Trinajstić information content (AvgIpc) is 2.59. The van der Waals surface area contributed by atoms with E-state index in [-0.39, 0.29) is 0 Å². The Morgan fingerprint density at radius 3 is 2.64 bits per heavy atom. The number of hydrogen-bond acceptors (Lipinski definition) is 2. The minimum atomic E-state index is -0.577. The van der Waals surface area contributed by atoms with Crippen molar-refractivity contribution in [2.45, 2.75) is 25.4 Å². The molecule has 0 amide bonds. The van der Waals surface area contributed by atoms with Crippen LogP contribution in [0.2, 0.25) is 0 Å². The normalized spacial score (nSPS) is 20.3. The smallest absolute Gasteiger partial charge is 0.109 e. The fraction of sp³-hybridized carbons (Fsp3) is 0.625. The van der Waals surface area contributed by atoms with E-state index in [1.54, 1.807) is 4.68 Å². The fourth-order valence-corrected chi connectivity index (χ4v) is 1.16. The van der Waals surface area contributed by atoms with E-state index in [0.717, 1.165) is 24.2 Å². The van der Waals surface area contributed by atoms with Gasteiger partial charge in [-0.2, -0.15) is 5.10 Å². The van der Waals surface area contributed by atoms with Gasteiger partial charge in [-0.25, -0.2) is 0 Å². The lowest BCUT2D eigenvalue weighted by atomic mass is 10.2. The Morgan fingerprint density at radius 1 is 1.64 bits per heavy atom. The van der Waals surface area contributed by atoms with Crippen molar-refractivity contribution < 1.29 is 5.11 Å². The first-order valence-corrected chi connectivity index (χ1v) is 3.85. The molecule has 0 radical (unpaired) electrons. The maximum Gasteiger partial charge on any atom is 0.109 e. The van der Waals surface area contributed by atoms with Gasteiger partial charge < -0.3 is 5.11 Å². The third kappa shape index (κ3) is 0.959. The molecular weight excluding hydrogens is 140 g/mol. The summed E-state index contributed by atoms with van der Waals surface area (Å²) in [5.41, 5.74) is 1.35. The van der Waals surface area contributed by atoms with Gasteiger partial charge in [-0.15, -0.1) is 0 Å². The summed E-state index contributed by atoms with van der Waals surface area (Å²) < 4.78 is 1.80. The Hall–Kier alpha value is -0.830. The first-order chi connectivity index (χ1) is 5.12. The first kappa shape index (κ1) is 6.85. The summed E-state index contributed by atoms with van der Waals surface area (Å²) >= 11 is 0. The molecule has 1 aliphatic rings. The molecule has 1 saturated carbocycles. The van der Waals surface area contributed by atoms with Crippen molar-refractivity contribution in [3.05, 3.63) is 17.5 Å². The zero-order valence-electron chi connectivity index (χ0n) is 6.83. The molecule has 0 atom stereocenters. The van der Waals surface area contributed by atoms with Gasteiger partial charge in [-0.3, -0.25) is 4.68 Å². The lowest BCUT2D eigenvalue weighted by Crippen LogP contribution is -2.05. The topological polar surface area (TPSA) is 38.1 Å². The standard InChI is InChI=1S/C8H12N2O/c1-6-5-7(9-10(6)2)8(11)3-4-8/h5,11H,3-4H2,1-2H3. The van der Waals surface area contributed by atoms with Crippen molar-refractivity contribution >= 4 is 0 Å². The minimum Gasteiger partial charge on any atom is -0.383 e. The third-order valence-corrected chi connectivity index (χ3v) is 2.31. The Morgan fingerprint density at radius 2 is 2.27 bits per heavy atom. The Balaban J connectivity index is 2.39. The van der Waals surface area contributed by atoms with Gasteiger partial charge in [-0.05, 0) is 25.8 Å². The second kappa shape index (κ2) is 1.85. The number of rotatable bonds is 1. The molecule has 2 rings (SSSR count). The molecule has 0 spiro atoms. The van der Waals surface area contributed by atoms with Gasteiger partial charge in [-0.1, -0.05) is 0 Å². The van der Waals surface area contributed by atoms with Crippen LogP contribution in [-0.2, 0) is 12.6 Å². The van der Waals surface area contributed by atoms with Crippen LogP contribution in [0.5, 0.6) is 0 Å². The number of aliphatic hydroxyl groups is 1. The summed E-state index contributed by atoms with van der Waals surface area (Å²) in [4.78, 5) is 0. The van der Waals surface area contributed by atoms with Crippen molar-refractivity contribution in [1.82, 2.24) is 9.78 Å². The van der Waals surface area contributed by atoms with Gasteiger partial charge in [0.15, 0.2) is 0 Å². The molecule has 1 aliphatic carbocycles. The molecule has 1 aromatic rings. The monoisotopic (exact) mass is 152 g/mol. The highest BCUT2D eigenvalue weighted by Gasteiger charge is 2.44. The average molecular weight is 152 g/mol. The summed E-state index contributed by atoms with van der Waals surface area (Å²) in [6, 6.07) is 1.95. The van der Waals surface area contributed by atoms with Crippen LogP contribution in [0.15, 0.2) is 6.07 Å². The maximum atomic E-state index is 9.66. The summed E-state index contributed by atoms with van der Waals surface area (Å²) in [5.74, 6) is 0. The van der Waals surface area contributed by atoms with Crippen LogP contribution >= 0.6 is 0 Å². The predicted molar refractivity (Wildman–Crippen MR) is 41.1 cm³/mol. The molecule has 0 saturated heterocycles. The van der Waals surface area contributed by atoms with Crippen LogP contribution in [0.25, 0.3) is 0 Å². The molecule has 0 bridgehead atoms. The molecule has 60 valence electrons. The first-order valence-electron chi connectivity index (χ1n) is 3.85. The van der Waals surface area contributed by atoms with Crippen LogP contribution in [0, 0.1) is 6.92 Å². The van der Waals surface area contributed by atoms with E-state index in [1.165, 1.54) is 0 Å². The maximum absolute atomic E-state index is 9.66. The highest BCUT2D eigenvalue weighted by molar-refractivity contribution is 5.21. The van der Waals surface area contributed by atoms with Crippen molar-refractivity contribution in [2.24, 2.45) is 7.05 Å². The third-order valence-electron chi connectivity index (χ3n) is 2.31. The molecule has 3 nitrogen and oxygen atoms in total. The number of aromatic nitrogens is 2. The summed E-state index contributed by atoms with van der Waals surface area (Å²) in [7, 11) is 1.89. The van der Waals surface area contributed by atoms with Crippen molar-refractivity contribution in [2.75, 3.05) is 0 Å². The highest BCUT2D eigenvalue weighted by atomic mass is 16.3. The van der Waals surface area contributed by atoms with E-state index in [2.05, 4.69) is 5.10 Å². The molecule has 11 heavy (non-hydrogen) atoms. The van der Waals surface area contributed by atoms with E-state index in [1.807, 2.05) is 20.0 Å². The van der Waals surface area contributed by atoms with Crippen molar-refractivity contribution in [3.8, 4) is 0 Å². The quantitative estimate of drug-likeness (QED) is 0.643. The van der Waals surface area contributed by atoms with E-state index in [0.29, 0.717) is 0 Å². The van der Waals surface area contributed by atoms with Crippen LogP contribution < -0.4 is 0 Å².